The normalized spacial score (nSPS) is 12.7. The van der Waals surface area contributed by atoms with E-state index in [1.165, 1.54) is 0 Å². The third-order valence-electron chi connectivity index (χ3n) is 2.88. The number of nitriles is 1. The Kier molecular flexibility index (Phi) is 7.86. The molecular weight excluding hydrogens is 360 g/mol. The van der Waals surface area contributed by atoms with Gasteiger partial charge in [-0.25, -0.2) is 4.79 Å². The number of nitrogens with zero attached hydrogens (tertiary/aromatic N) is 1. The summed E-state index contributed by atoms with van der Waals surface area (Å²) in [5, 5.41) is 11.2. The molecule has 1 rings (SSSR count). The second-order valence-corrected chi connectivity index (χ2v) is 8.18. The van der Waals surface area contributed by atoms with Crippen LogP contribution in [0, 0.1) is 11.3 Å². The van der Waals surface area contributed by atoms with Gasteiger partial charge in [0.1, 0.15) is 11.4 Å². The van der Waals surface area contributed by atoms with Gasteiger partial charge in [-0.1, -0.05) is 0 Å². The number of rotatable bonds is 8. The van der Waals surface area contributed by atoms with E-state index in [0.29, 0.717) is 11.3 Å². The number of alkyl carbamates (subject to hydrolysis) is 1. The zero-order chi connectivity index (χ0) is 19.8. The second kappa shape index (κ2) is 9.40. The first-order valence-corrected chi connectivity index (χ1v) is 9.78. The summed E-state index contributed by atoms with van der Waals surface area (Å²) in [7, 11) is -3.69. The number of nitrogens with one attached hydrogen (secondary N) is 1. The van der Waals surface area contributed by atoms with Crippen molar-refractivity contribution in [3.05, 3.63) is 29.8 Å². The van der Waals surface area contributed by atoms with Crippen molar-refractivity contribution in [1.29, 1.82) is 5.26 Å². The van der Waals surface area contributed by atoms with Crippen LogP contribution in [0.2, 0.25) is 0 Å². The Balaban J connectivity index is 2.54. The minimum Gasteiger partial charge on any atom is -0.493 e. The minimum atomic E-state index is -3.69. The van der Waals surface area contributed by atoms with Crippen LogP contribution < -0.4 is 10.1 Å². The van der Waals surface area contributed by atoms with E-state index in [1.54, 1.807) is 45.0 Å². The maximum absolute atomic E-state index is 11.7. The number of carbonyl (C=O) groups excluding carboxylic acids is 1. The molecule has 0 fully saturated rings. The maximum Gasteiger partial charge on any atom is 0.407 e. The highest BCUT2D eigenvalue weighted by molar-refractivity contribution is 7.86. The van der Waals surface area contributed by atoms with E-state index in [4.69, 9.17) is 18.9 Å². The van der Waals surface area contributed by atoms with E-state index in [1.807, 2.05) is 6.07 Å². The molecule has 0 radical (unpaired) electrons. The van der Waals surface area contributed by atoms with Crippen LogP contribution in [0.25, 0.3) is 0 Å². The van der Waals surface area contributed by atoms with Crippen molar-refractivity contribution in [2.45, 2.75) is 38.9 Å². The molecule has 0 bridgehead atoms. The Labute approximate surface area is 154 Å². The Morgan fingerprint density at radius 2 is 1.88 bits per heavy atom. The highest BCUT2D eigenvalue weighted by Crippen LogP contribution is 2.13. The molecule has 1 amide bonds. The summed E-state index contributed by atoms with van der Waals surface area (Å²) in [6.45, 7) is 5.30. The van der Waals surface area contributed by atoms with Gasteiger partial charge in [0, 0.05) is 13.0 Å². The molecule has 0 aliphatic heterocycles. The van der Waals surface area contributed by atoms with Crippen molar-refractivity contribution in [3.63, 3.8) is 0 Å². The first-order valence-electron chi connectivity index (χ1n) is 7.96. The molecule has 1 aromatic carbocycles. The molecular formula is C17H24N2O6S. The number of carbonyl (C=O) groups is 1. The second-order valence-electron chi connectivity index (χ2n) is 6.58. The molecule has 0 aliphatic carbocycles. The van der Waals surface area contributed by atoms with E-state index in [0.717, 1.165) is 6.26 Å². The lowest BCUT2D eigenvalue weighted by Crippen LogP contribution is -2.39. The number of hydrogen-bond donors (Lipinski definition) is 1. The third-order valence-corrected chi connectivity index (χ3v) is 3.50. The zero-order valence-electron chi connectivity index (χ0n) is 15.3. The topological polar surface area (TPSA) is 115 Å². The molecule has 144 valence electrons. The van der Waals surface area contributed by atoms with Gasteiger partial charge in [-0.2, -0.15) is 13.7 Å². The molecule has 0 heterocycles. The van der Waals surface area contributed by atoms with Crippen LogP contribution in [-0.4, -0.2) is 45.6 Å². The highest BCUT2D eigenvalue weighted by Gasteiger charge is 2.20. The monoisotopic (exact) mass is 384 g/mol. The number of ether oxygens (including phenoxy) is 2. The van der Waals surface area contributed by atoms with Gasteiger partial charge >= 0.3 is 6.09 Å². The highest BCUT2D eigenvalue weighted by atomic mass is 32.2. The van der Waals surface area contributed by atoms with Gasteiger partial charge < -0.3 is 14.8 Å². The van der Waals surface area contributed by atoms with Gasteiger partial charge in [-0.15, -0.1) is 0 Å². The third kappa shape index (κ3) is 9.86. The van der Waals surface area contributed by atoms with Crippen LogP contribution in [0.5, 0.6) is 5.75 Å². The van der Waals surface area contributed by atoms with Crippen LogP contribution in [0.3, 0.4) is 0 Å². The summed E-state index contributed by atoms with van der Waals surface area (Å²) in [6, 6.07) is 8.52. The van der Waals surface area contributed by atoms with E-state index in [2.05, 4.69) is 5.32 Å². The fourth-order valence-corrected chi connectivity index (χ4v) is 2.54. The predicted octanol–water partition coefficient (Wildman–Crippen LogP) is 2.20. The quantitative estimate of drug-likeness (QED) is 0.683. The van der Waals surface area contributed by atoms with Crippen molar-refractivity contribution in [2.75, 3.05) is 19.4 Å². The standard InChI is InChI=1S/C17H24N2O6S/c1-17(2,3)24-16(20)19-12-15(25-26(4,21)22)9-10-23-14-7-5-13(11-18)6-8-14/h5-8,15H,9-10,12H2,1-4H3,(H,19,20). The number of amides is 1. The molecule has 0 saturated heterocycles. The molecule has 0 spiro atoms. The average Bonchev–Trinajstić information content (AvgIpc) is 2.50. The molecule has 1 unspecified atom stereocenters. The molecule has 26 heavy (non-hydrogen) atoms. The number of benzene rings is 1. The van der Waals surface area contributed by atoms with Crippen LogP contribution >= 0.6 is 0 Å². The smallest absolute Gasteiger partial charge is 0.407 e. The first-order chi connectivity index (χ1) is 12.0. The molecule has 1 atom stereocenters. The van der Waals surface area contributed by atoms with Crippen LogP contribution in [0.15, 0.2) is 24.3 Å². The summed E-state index contributed by atoms with van der Waals surface area (Å²) < 4.78 is 38.3. The maximum atomic E-state index is 11.7. The summed E-state index contributed by atoms with van der Waals surface area (Å²) in [6.07, 6.45) is -0.291. The van der Waals surface area contributed by atoms with Crippen molar-refractivity contribution >= 4 is 16.2 Å². The molecule has 1 N–H and O–H groups in total. The Hall–Kier alpha value is -2.31. The van der Waals surface area contributed by atoms with Gasteiger partial charge in [0.05, 0.1) is 30.6 Å². The van der Waals surface area contributed by atoms with Crippen molar-refractivity contribution < 1.29 is 26.9 Å². The molecule has 8 nitrogen and oxygen atoms in total. The van der Waals surface area contributed by atoms with E-state index in [9.17, 15) is 13.2 Å². The van der Waals surface area contributed by atoms with Gasteiger partial charge in [0.25, 0.3) is 10.1 Å². The van der Waals surface area contributed by atoms with Crippen molar-refractivity contribution in [3.8, 4) is 11.8 Å². The van der Waals surface area contributed by atoms with Crippen LogP contribution in [0.4, 0.5) is 4.79 Å². The van der Waals surface area contributed by atoms with Gasteiger partial charge in [-0.3, -0.25) is 4.18 Å². The minimum absolute atomic E-state index is 0.0429. The van der Waals surface area contributed by atoms with Crippen LogP contribution in [0.1, 0.15) is 32.8 Å². The zero-order valence-corrected chi connectivity index (χ0v) is 16.1. The Bertz CT molecular complexity index is 732. The SMILES string of the molecule is CC(C)(C)OC(=O)NCC(CCOc1ccc(C#N)cc1)OS(C)(=O)=O. The first kappa shape index (κ1) is 21.7. The van der Waals surface area contributed by atoms with Crippen molar-refractivity contribution in [1.82, 2.24) is 5.32 Å². The largest absolute Gasteiger partial charge is 0.493 e. The molecule has 0 aliphatic rings. The Morgan fingerprint density at radius 1 is 1.27 bits per heavy atom. The van der Waals surface area contributed by atoms with Gasteiger partial charge in [-0.05, 0) is 45.0 Å². The molecule has 0 aromatic heterocycles. The molecule has 0 saturated carbocycles. The van der Waals surface area contributed by atoms with Crippen LogP contribution in [-0.2, 0) is 19.0 Å². The van der Waals surface area contributed by atoms with Gasteiger partial charge in [0.15, 0.2) is 0 Å². The van der Waals surface area contributed by atoms with E-state index < -0.39 is 27.9 Å². The molecule has 1 aromatic rings. The summed E-state index contributed by atoms with van der Waals surface area (Å²) in [5.41, 5.74) is -0.145. The fourth-order valence-electron chi connectivity index (χ4n) is 1.88. The van der Waals surface area contributed by atoms with Crippen molar-refractivity contribution in [2.24, 2.45) is 0 Å². The van der Waals surface area contributed by atoms with Gasteiger partial charge in [0.2, 0.25) is 0 Å². The molecule has 9 heteroatoms. The predicted molar refractivity (Wildman–Crippen MR) is 95.2 cm³/mol. The summed E-state index contributed by atoms with van der Waals surface area (Å²) >= 11 is 0. The lowest BCUT2D eigenvalue weighted by atomic mass is 10.2. The average molecular weight is 384 g/mol. The van der Waals surface area contributed by atoms with E-state index in [-0.39, 0.29) is 19.6 Å². The Morgan fingerprint density at radius 3 is 2.38 bits per heavy atom. The lowest BCUT2D eigenvalue weighted by molar-refractivity contribution is 0.0495. The van der Waals surface area contributed by atoms with E-state index >= 15 is 0 Å². The summed E-state index contributed by atoms with van der Waals surface area (Å²) in [5.74, 6) is 0.544. The lowest BCUT2D eigenvalue weighted by Gasteiger charge is -2.21. The summed E-state index contributed by atoms with van der Waals surface area (Å²) in [4.78, 5) is 11.7. The number of hydrogen-bond acceptors (Lipinski definition) is 7. The fraction of sp³-hybridized carbons (Fsp3) is 0.529.